The summed E-state index contributed by atoms with van der Waals surface area (Å²) >= 11 is 0. The van der Waals surface area contributed by atoms with Gasteiger partial charge in [-0.1, -0.05) is 30.3 Å². The van der Waals surface area contributed by atoms with Gasteiger partial charge in [0.15, 0.2) is 0 Å². The molecule has 2 nitrogen and oxygen atoms in total. The summed E-state index contributed by atoms with van der Waals surface area (Å²) in [7, 11) is 1.72. The molecule has 0 bridgehead atoms. The lowest BCUT2D eigenvalue weighted by molar-refractivity contribution is 0.409. The van der Waals surface area contributed by atoms with Gasteiger partial charge >= 0.3 is 0 Å². The minimum absolute atomic E-state index is 0.359. The van der Waals surface area contributed by atoms with Crippen molar-refractivity contribution < 1.29 is 4.74 Å². The van der Waals surface area contributed by atoms with Crippen molar-refractivity contribution in [3.05, 3.63) is 59.7 Å². The summed E-state index contributed by atoms with van der Waals surface area (Å²) in [6.07, 6.45) is 0.942. The van der Waals surface area contributed by atoms with E-state index in [1.54, 1.807) is 7.11 Å². The van der Waals surface area contributed by atoms with Gasteiger partial charge in [0.25, 0.3) is 0 Å². The van der Waals surface area contributed by atoms with Crippen molar-refractivity contribution in [2.45, 2.75) is 26.3 Å². The molecule has 0 saturated heterocycles. The first-order valence-electron chi connectivity index (χ1n) is 6.64. The van der Waals surface area contributed by atoms with E-state index in [2.05, 4.69) is 55.6 Å². The number of nitrogens with one attached hydrogen (secondary N) is 1. The lowest BCUT2D eigenvalue weighted by Gasteiger charge is -2.17. The van der Waals surface area contributed by atoms with E-state index < -0.39 is 0 Å². The van der Waals surface area contributed by atoms with Crippen molar-refractivity contribution in [3.63, 3.8) is 0 Å². The summed E-state index contributed by atoms with van der Waals surface area (Å²) in [6.45, 7) is 4.30. The molecule has 0 heterocycles. The van der Waals surface area contributed by atoms with Crippen molar-refractivity contribution in [3.8, 4) is 5.75 Å². The lowest BCUT2D eigenvalue weighted by Crippen LogP contribution is -2.18. The summed E-state index contributed by atoms with van der Waals surface area (Å²) in [6, 6.07) is 17.0. The van der Waals surface area contributed by atoms with Crippen LogP contribution in [-0.4, -0.2) is 13.2 Å². The first kappa shape index (κ1) is 13.5. The molecule has 100 valence electrons. The minimum atomic E-state index is 0.359. The second-order valence-corrected chi connectivity index (χ2v) is 4.93. The molecule has 2 rings (SSSR count). The van der Waals surface area contributed by atoms with Gasteiger partial charge in [0.05, 0.1) is 7.11 Å². The van der Waals surface area contributed by atoms with Crippen molar-refractivity contribution >= 4 is 5.69 Å². The van der Waals surface area contributed by atoms with Crippen molar-refractivity contribution in [2.75, 3.05) is 12.4 Å². The van der Waals surface area contributed by atoms with Crippen LogP contribution in [-0.2, 0) is 6.42 Å². The highest BCUT2D eigenvalue weighted by Crippen LogP contribution is 2.20. The highest BCUT2D eigenvalue weighted by Gasteiger charge is 2.07. The number of benzene rings is 2. The zero-order chi connectivity index (χ0) is 13.7. The second-order valence-electron chi connectivity index (χ2n) is 4.93. The van der Waals surface area contributed by atoms with E-state index in [-0.39, 0.29) is 0 Å². The first-order chi connectivity index (χ1) is 9.19. The molecule has 2 aromatic rings. The van der Waals surface area contributed by atoms with Crippen LogP contribution in [0, 0.1) is 6.92 Å². The fourth-order valence-electron chi connectivity index (χ4n) is 2.27. The van der Waals surface area contributed by atoms with Crippen LogP contribution in [0.2, 0.25) is 0 Å². The molecule has 0 aliphatic rings. The van der Waals surface area contributed by atoms with Crippen LogP contribution < -0.4 is 10.1 Å². The Morgan fingerprint density at radius 3 is 2.63 bits per heavy atom. The van der Waals surface area contributed by atoms with E-state index in [0.29, 0.717) is 6.04 Å². The number of ether oxygens (including phenoxy) is 1. The number of para-hydroxylation sites is 1. The van der Waals surface area contributed by atoms with Crippen LogP contribution in [0.3, 0.4) is 0 Å². The van der Waals surface area contributed by atoms with Crippen LogP contribution in [0.4, 0.5) is 5.69 Å². The smallest absolute Gasteiger partial charge is 0.122 e. The molecule has 1 N–H and O–H groups in total. The highest BCUT2D eigenvalue weighted by atomic mass is 16.5. The molecular formula is C17H21NO. The Balaban J connectivity index is 2.03. The van der Waals surface area contributed by atoms with Gasteiger partial charge in [0, 0.05) is 11.7 Å². The fourth-order valence-corrected chi connectivity index (χ4v) is 2.27. The second kappa shape index (κ2) is 6.28. The molecular weight excluding hydrogens is 234 g/mol. The van der Waals surface area contributed by atoms with E-state index in [0.717, 1.165) is 12.2 Å². The largest absolute Gasteiger partial charge is 0.496 e. The number of aryl methyl sites for hydroxylation is 1. The zero-order valence-corrected chi connectivity index (χ0v) is 11.8. The Bertz CT molecular complexity index is 536. The standard InChI is InChI=1S/C17H21NO/c1-13-7-6-9-16(11-13)18-14(2)12-15-8-4-5-10-17(15)19-3/h4-11,14,18H,12H2,1-3H3. The van der Waals surface area contributed by atoms with Gasteiger partial charge in [-0.2, -0.15) is 0 Å². The molecule has 0 spiro atoms. The van der Waals surface area contributed by atoms with E-state index in [1.165, 1.54) is 16.8 Å². The van der Waals surface area contributed by atoms with E-state index in [9.17, 15) is 0 Å². The molecule has 1 atom stereocenters. The molecule has 0 aliphatic heterocycles. The summed E-state index contributed by atoms with van der Waals surface area (Å²) in [4.78, 5) is 0. The van der Waals surface area contributed by atoms with Gasteiger partial charge in [-0.25, -0.2) is 0 Å². The summed E-state index contributed by atoms with van der Waals surface area (Å²) < 4.78 is 5.39. The van der Waals surface area contributed by atoms with Gasteiger partial charge in [0.2, 0.25) is 0 Å². The van der Waals surface area contributed by atoms with E-state index >= 15 is 0 Å². The van der Waals surface area contributed by atoms with E-state index in [1.807, 2.05) is 12.1 Å². The van der Waals surface area contributed by atoms with Gasteiger partial charge in [-0.05, 0) is 49.6 Å². The number of methoxy groups -OCH3 is 1. The number of anilines is 1. The monoisotopic (exact) mass is 255 g/mol. The lowest BCUT2D eigenvalue weighted by atomic mass is 10.1. The Morgan fingerprint density at radius 1 is 1.11 bits per heavy atom. The van der Waals surface area contributed by atoms with Gasteiger partial charge in [-0.3, -0.25) is 0 Å². The third kappa shape index (κ3) is 3.75. The molecule has 0 aliphatic carbocycles. The Hall–Kier alpha value is -1.96. The van der Waals surface area contributed by atoms with Gasteiger partial charge in [0.1, 0.15) is 5.75 Å². The van der Waals surface area contributed by atoms with Crippen molar-refractivity contribution in [1.82, 2.24) is 0 Å². The predicted molar refractivity (Wildman–Crippen MR) is 81.0 cm³/mol. The summed E-state index contributed by atoms with van der Waals surface area (Å²) in [5.74, 6) is 0.959. The first-order valence-corrected chi connectivity index (χ1v) is 6.64. The van der Waals surface area contributed by atoms with Gasteiger partial charge < -0.3 is 10.1 Å². The Labute approximate surface area is 115 Å². The van der Waals surface area contributed by atoms with Crippen LogP contribution in [0.15, 0.2) is 48.5 Å². The minimum Gasteiger partial charge on any atom is -0.496 e. The SMILES string of the molecule is COc1ccccc1CC(C)Nc1cccc(C)c1. The van der Waals surface area contributed by atoms with Crippen molar-refractivity contribution in [2.24, 2.45) is 0 Å². The number of hydrogen-bond donors (Lipinski definition) is 1. The Kier molecular flexibility index (Phi) is 4.45. The topological polar surface area (TPSA) is 21.3 Å². The molecule has 2 heteroatoms. The number of hydrogen-bond acceptors (Lipinski definition) is 2. The van der Waals surface area contributed by atoms with Crippen LogP contribution in [0.25, 0.3) is 0 Å². The molecule has 2 aromatic carbocycles. The summed E-state index contributed by atoms with van der Waals surface area (Å²) in [5.41, 5.74) is 3.68. The average Bonchev–Trinajstić information content (AvgIpc) is 2.39. The van der Waals surface area contributed by atoms with Crippen LogP contribution in [0.5, 0.6) is 5.75 Å². The molecule has 0 fully saturated rings. The molecule has 0 saturated carbocycles. The van der Waals surface area contributed by atoms with E-state index in [4.69, 9.17) is 4.74 Å². The molecule has 19 heavy (non-hydrogen) atoms. The fraction of sp³-hybridized carbons (Fsp3) is 0.294. The maximum Gasteiger partial charge on any atom is 0.122 e. The number of rotatable bonds is 5. The third-order valence-electron chi connectivity index (χ3n) is 3.15. The van der Waals surface area contributed by atoms with Gasteiger partial charge in [-0.15, -0.1) is 0 Å². The van der Waals surface area contributed by atoms with Crippen LogP contribution in [0.1, 0.15) is 18.1 Å². The molecule has 1 unspecified atom stereocenters. The normalized spacial score (nSPS) is 11.9. The third-order valence-corrected chi connectivity index (χ3v) is 3.15. The predicted octanol–water partition coefficient (Wildman–Crippen LogP) is 4.05. The molecule has 0 aromatic heterocycles. The quantitative estimate of drug-likeness (QED) is 0.870. The van der Waals surface area contributed by atoms with Crippen molar-refractivity contribution in [1.29, 1.82) is 0 Å². The molecule has 0 radical (unpaired) electrons. The van der Waals surface area contributed by atoms with Crippen LogP contribution >= 0.6 is 0 Å². The summed E-state index contributed by atoms with van der Waals surface area (Å²) in [5, 5.41) is 3.53. The maximum absolute atomic E-state index is 5.39. The average molecular weight is 255 g/mol. The zero-order valence-electron chi connectivity index (χ0n) is 11.8. The maximum atomic E-state index is 5.39. The molecule has 0 amide bonds. The highest BCUT2D eigenvalue weighted by molar-refractivity contribution is 5.46. The Morgan fingerprint density at radius 2 is 1.89 bits per heavy atom.